The standard InChI is InChI=1S/C29H36N2O4/c1-7-30(8-2)16-9-17-31-25(19-10-12-20(13-11-19)29(3,4)5)24-26(32)22-15-14-21(34-6)18-23(22)35-27(24)28(31)33/h10-15,18,25H,7-9,16-17H2,1-6H3. The Hall–Kier alpha value is -3.12. The highest BCUT2D eigenvalue weighted by Crippen LogP contribution is 2.39. The van der Waals surface area contributed by atoms with Crippen molar-refractivity contribution in [1.82, 2.24) is 9.80 Å². The third-order valence-corrected chi connectivity index (χ3v) is 7.04. The van der Waals surface area contributed by atoms with Crippen LogP contribution in [0.15, 0.2) is 51.7 Å². The minimum atomic E-state index is -0.467. The lowest BCUT2D eigenvalue weighted by molar-refractivity contribution is 0.0720. The van der Waals surface area contributed by atoms with E-state index in [4.69, 9.17) is 9.15 Å². The third-order valence-electron chi connectivity index (χ3n) is 7.04. The zero-order valence-corrected chi connectivity index (χ0v) is 21.7. The molecule has 0 spiro atoms. The maximum atomic E-state index is 13.7. The monoisotopic (exact) mass is 476 g/mol. The number of benzene rings is 2. The molecule has 0 saturated heterocycles. The third kappa shape index (κ3) is 4.72. The van der Waals surface area contributed by atoms with Crippen molar-refractivity contribution < 1.29 is 13.9 Å². The van der Waals surface area contributed by atoms with Crippen molar-refractivity contribution in [2.75, 3.05) is 33.3 Å². The molecule has 1 aliphatic rings. The van der Waals surface area contributed by atoms with Gasteiger partial charge in [-0.25, -0.2) is 0 Å². The van der Waals surface area contributed by atoms with Crippen LogP contribution in [-0.4, -0.2) is 49.0 Å². The van der Waals surface area contributed by atoms with E-state index in [9.17, 15) is 9.59 Å². The maximum Gasteiger partial charge on any atom is 0.290 e. The van der Waals surface area contributed by atoms with E-state index in [2.05, 4.69) is 51.7 Å². The summed E-state index contributed by atoms with van der Waals surface area (Å²) in [6.07, 6.45) is 0.819. The molecule has 0 saturated carbocycles. The van der Waals surface area contributed by atoms with E-state index in [1.807, 2.05) is 12.1 Å². The van der Waals surface area contributed by atoms with Crippen molar-refractivity contribution in [1.29, 1.82) is 0 Å². The highest BCUT2D eigenvalue weighted by molar-refractivity contribution is 5.99. The number of hydrogen-bond donors (Lipinski definition) is 0. The molecule has 0 bridgehead atoms. The summed E-state index contributed by atoms with van der Waals surface area (Å²) in [5.74, 6) is 0.492. The summed E-state index contributed by atoms with van der Waals surface area (Å²) >= 11 is 0. The molecule has 1 aliphatic heterocycles. The van der Waals surface area contributed by atoms with Gasteiger partial charge < -0.3 is 19.0 Å². The van der Waals surface area contributed by atoms with E-state index < -0.39 is 6.04 Å². The zero-order chi connectivity index (χ0) is 25.3. The van der Waals surface area contributed by atoms with Gasteiger partial charge in [0.1, 0.15) is 11.3 Å². The van der Waals surface area contributed by atoms with Gasteiger partial charge in [0, 0.05) is 12.6 Å². The number of nitrogens with zero attached hydrogens (tertiary/aromatic N) is 2. The average molecular weight is 477 g/mol. The Labute approximate surface area is 207 Å². The molecule has 0 aliphatic carbocycles. The summed E-state index contributed by atoms with van der Waals surface area (Å²) in [7, 11) is 1.56. The van der Waals surface area contributed by atoms with Gasteiger partial charge in [-0.15, -0.1) is 0 Å². The summed E-state index contributed by atoms with van der Waals surface area (Å²) in [4.78, 5) is 31.5. The number of ether oxygens (including phenoxy) is 1. The van der Waals surface area contributed by atoms with E-state index in [-0.39, 0.29) is 22.5 Å². The summed E-state index contributed by atoms with van der Waals surface area (Å²) in [5, 5.41) is 0.457. The number of carbonyl (C=O) groups is 1. The number of rotatable bonds is 8. The SMILES string of the molecule is CCN(CC)CCCN1C(=O)c2oc3cc(OC)ccc3c(=O)c2C1c1ccc(C(C)(C)C)cc1. The summed E-state index contributed by atoms with van der Waals surface area (Å²) in [6.45, 7) is 14.2. The molecule has 1 atom stereocenters. The fraction of sp³-hybridized carbons (Fsp3) is 0.448. The number of methoxy groups -OCH3 is 1. The van der Waals surface area contributed by atoms with Crippen molar-refractivity contribution >= 4 is 16.9 Å². The topological polar surface area (TPSA) is 63.0 Å². The highest BCUT2D eigenvalue weighted by Gasteiger charge is 2.42. The van der Waals surface area contributed by atoms with Gasteiger partial charge in [-0.3, -0.25) is 9.59 Å². The normalized spacial score (nSPS) is 15.8. The van der Waals surface area contributed by atoms with Gasteiger partial charge in [-0.05, 0) is 54.7 Å². The molecule has 6 heteroatoms. The number of carbonyl (C=O) groups excluding carboxylic acids is 1. The molecule has 4 rings (SSSR count). The second-order valence-electron chi connectivity index (χ2n) is 10.2. The molecule has 1 aromatic heterocycles. The van der Waals surface area contributed by atoms with Crippen molar-refractivity contribution in [2.24, 2.45) is 0 Å². The lowest BCUT2D eigenvalue weighted by atomic mass is 9.86. The van der Waals surface area contributed by atoms with E-state index in [1.54, 1.807) is 30.2 Å². The van der Waals surface area contributed by atoms with Gasteiger partial charge >= 0.3 is 0 Å². The van der Waals surface area contributed by atoms with Crippen LogP contribution in [0.2, 0.25) is 0 Å². The first kappa shape index (κ1) is 25.0. The van der Waals surface area contributed by atoms with Crippen molar-refractivity contribution in [2.45, 2.75) is 52.5 Å². The fourth-order valence-corrected chi connectivity index (χ4v) is 4.87. The van der Waals surface area contributed by atoms with Crippen LogP contribution < -0.4 is 10.2 Å². The van der Waals surface area contributed by atoms with E-state index in [1.165, 1.54) is 5.56 Å². The van der Waals surface area contributed by atoms with Crippen molar-refractivity contribution in [3.63, 3.8) is 0 Å². The number of amides is 1. The number of fused-ring (bicyclic) bond motifs is 2. The lowest BCUT2D eigenvalue weighted by Gasteiger charge is -2.27. The van der Waals surface area contributed by atoms with E-state index in [0.29, 0.717) is 28.8 Å². The van der Waals surface area contributed by atoms with Crippen LogP contribution in [0.25, 0.3) is 11.0 Å². The Kier molecular flexibility index (Phi) is 7.04. The molecule has 2 aromatic carbocycles. The Morgan fingerprint density at radius 2 is 1.71 bits per heavy atom. The van der Waals surface area contributed by atoms with Gasteiger partial charge in [0.25, 0.3) is 5.91 Å². The van der Waals surface area contributed by atoms with Gasteiger partial charge in [0.2, 0.25) is 5.76 Å². The molecule has 3 aromatic rings. The van der Waals surface area contributed by atoms with Crippen LogP contribution in [0.1, 0.15) is 74.3 Å². The van der Waals surface area contributed by atoms with Crippen LogP contribution >= 0.6 is 0 Å². The first-order chi connectivity index (χ1) is 16.7. The summed E-state index contributed by atoms with van der Waals surface area (Å²) < 4.78 is 11.4. The Morgan fingerprint density at radius 1 is 1.03 bits per heavy atom. The minimum absolute atomic E-state index is 0.0136. The number of hydrogen-bond acceptors (Lipinski definition) is 5. The van der Waals surface area contributed by atoms with Crippen molar-refractivity contribution in [3.8, 4) is 5.75 Å². The molecule has 2 heterocycles. The van der Waals surface area contributed by atoms with Crippen LogP contribution in [0.4, 0.5) is 0 Å². The van der Waals surface area contributed by atoms with Crippen LogP contribution in [0.3, 0.4) is 0 Å². The predicted octanol–water partition coefficient (Wildman–Crippen LogP) is 5.38. The van der Waals surface area contributed by atoms with Gasteiger partial charge in [0.15, 0.2) is 5.43 Å². The molecular weight excluding hydrogens is 440 g/mol. The largest absolute Gasteiger partial charge is 0.497 e. The molecule has 35 heavy (non-hydrogen) atoms. The van der Waals surface area contributed by atoms with Crippen molar-refractivity contribution in [3.05, 3.63) is 75.1 Å². The fourth-order valence-electron chi connectivity index (χ4n) is 4.87. The highest BCUT2D eigenvalue weighted by atomic mass is 16.5. The molecule has 186 valence electrons. The van der Waals surface area contributed by atoms with Crippen LogP contribution in [0, 0.1) is 0 Å². The lowest BCUT2D eigenvalue weighted by Crippen LogP contribution is -2.33. The maximum absolute atomic E-state index is 13.7. The predicted molar refractivity (Wildman–Crippen MR) is 139 cm³/mol. The Morgan fingerprint density at radius 3 is 2.31 bits per heavy atom. The Bertz CT molecular complexity index is 1270. The molecule has 6 nitrogen and oxygen atoms in total. The smallest absolute Gasteiger partial charge is 0.290 e. The summed E-state index contributed by atoms with van der Waals surface area (Å²) in [6, 6.07) is 12.9. The van der Waals surface area contributed by atoms with Crippen LogP contribution in [-0.2, 0) is 5.41 Å². The van der Waals surface area contributed by atoms with Gasteiger partial charge in [-0.1, -0.05) is 58.9 Å². The second kappa shape index (κ2) is 9.86. The molecule has 1 unspecified atom stereocenters. The second-order valence-corrected chi connectivity index (χ2v) is 10.2. The van der Waals surface area contributed by atoms with Gasteiger partial charge in [-0.2, -0.15) is 0 Å². The first-order valence-corrected chi connectivity index (χ1v) is 12.5. The summed E-state index contributed by atoms with van der Waals surface area (Å²) in [5.41, 5.74) is 2.78. The Balaban J connectivity index is 1.80. The average Bonchev–Trinajstić information content (AvgIpc) is 3.12. The molecule has 0 fully saturated rings. The first-order valence-electron chi connectivity index (χ1n) is 12.5. The minimum Gasteiger partial charge on any atom is -0.497 e. The molecule has 0 radical (unpaired) electrons. The molecular formula is C29H36N2O4. The molecule has 0 N–H and O–H groups in total. The zero-order valence-electron chi connectivity index (χ0n) is 21.7. The van der Waals surface area contributed by atoms with E-state index in [0.717, 1.165) is 31.6 Å². The molecule has 1 amide bonds. The van der Waals surface area contributed by atoms with E-state index >= 15 is 0 Å². The van der Waals surface area contributed by atoms with Crippen LogP contribution in [0.5, 0.6) is 5.75 Å². The quantitative estimate of drug-likeness (QED) is 0.437. The van der Waals surface area contributed by atoms with Gasteiger partial charge in [0.05, 0.1) is 24.1 Å².